The summed E-state index contributed by atoms with van der Waals surface area (Å²) in [6, 6.07) is 0. The first kappa shape index (κ1) is 11.0. The highest BCUT2D eigenvalue weighted by molar-refractivity contribution is 5.73. The van der Waals surface area contributed by atoms with Crippen molar-refractivity contribution in [2.45, 2.75) is 25.9 Å². The highest BCUT2D eigenvalue weighted by Crippen LogP contribution is 2.12. The van der Waals surface area contributed by atoms with Gasteiger partial charge < -0.3 is 14.7 Å². The molecule has 0 radical (unpaired) electrons. The van der Waals surface area contributed by atoms with Gasteiger partial charge in [0.15, 0.2) is 0 Å². The van der Waals surface area contributed by atoms with Crippen LogP contribution in [0.2, 0.25) is 0 Å². The van der Waals surface area contributed by atoms with E-state index in [9.17, 15) is 9.59 Å². The number of amides is 1. The lowest BCUT2D eigenvalue weighted by Crippen LogP contribution is -2.42. The van der Waals surface area contributed by atoms with Crippen LogP contribution < -0.4 is 0 Å². The number of rotatable bonds is 3. The first-order chi connectivity index (χ1) is 6.59. The van der Waals surface area contributed by atoms with Gasteiger partial charge in [0.05, 0.1) is 6.10 Å². The molecule has 0 aromatic rings. The Balaban J connectivity index is 2.32. The Kier molecular flexibility index (Phi) is 3.88. The second kappa shape index (κ2) is 4.95. The predicted molar refractivity (Wildman–Crippen MR) is 48.9 cm³/mol. The molecule has 1 aliphatic rings. The maximum atomic E-state index is 11.0. The molecule has 0 spiro atoms. The second-order valence-corrected chi connectivity index (χ2v) is 3.43. The normalized spacial score (nSPS) is 22.1. The van der Waals surface area contributed by atoms with Gasteiger partial charge in [-0.1, -0.05) is 0 Å². The Bertz CT molecular complexity index is 229. The summed E-state index contributed by atoms with van der Waals surface area (Å²) >= 11 is 0. The van der Waals surface area contributed by atoms with E-state index in [-0.39, 0.29) is 18.6 Å². The van der Waals surface area contributed by atoms with Crippen LogP contribution in [0.15, 0.2) is 0 Å². The SMILES string of the molecule is CC(=O)N1CCC[C@@H](OCC(=O)O)C1. The molecule has 14 heavy (non-hydrogen) atoms. The molecular formula is C9H15NO4. The van der Waals surface area contributed by atoms with E-state index in [1.165, 1.54) is 6.92 Å². The third-order valence-electron chi connectivity index (χ3n) is 2.27. The van der Waals surface area contributed by atoms with Crippen LogP contribution in [0.5, 0.6) is 0 Å². The summed E-state index contributed by atoms with van der Waals surface area (Å²) in [5, 5.41) is 8.41. The zero-order chi connectivity index (χ0) is 10.6. The van der Waals surface area contributed by atoms with Crippen molar-refractivity contribution in [3.63, 3.8) is 0 Å². The summed E-state index contributed by atoms with van der Waals surface area (Å²) < 4.78 is 5.13. The summed E-state index contributed by atoms with van der Waals surface area (Å²) in [6.07, 6.45) is 1.59. The Hall–Kier alpha value is -1.10. The smallest absolute Gasteiger partial charge is 0.329 e. The van der Waals surface area contributed by atoms with Crippen LogP contribution in [0.1, 0.15) is 19.8 Å². The third kappa shape index (κ3) is 3.33. The van der Waals surface area contributed by atoms with Crippen molar-refractivity contribution in [2.24, 2.45) is 0 Å². The molecule has 0 aliphatic carbocycles. The van der Waals surface area contributed by atoms with E-state index in [0.717, 1.165) is 19.4 Å². The van der Waals surface area contributed by atoms with Gasteiger partial charge >= 0.3 is 5.97 Å². The minimum absolute atomic E-state index is 0.0219. The quantitative estimate of drug-likeness (QED) is 0.703. The number of carbonyl (C=O) groups is 2. The molecule has 0 unspecified atom stereocenters. The summed E-state index contributed by atoms with van der Waals surface area (Å²) in [7, 11) is 0. The average molecular weight is 201 g/mol. The fraction of sp³-hybridized carbons (Fsp3) is 0.778. The van der Waals surface area contributed by atoms with Crippen molar-refractivity contribution < 1.29 is 19.4 Å². The number of hydrogen-bond donors (Lipinski definition) is 1. The van der Waals surface area contributed by atoms with Crippen LogP contribution in [0, 0.1) is 0 Å². The van der Waals surface area contributed by atoms with Crippen molar-refractivity contribution in [1.82, 2.24) is 4.90 Å². The number of carboxylic acids is 1. The zero-order valence-corrected chi connectivity index (χ0v) is 8.23. The van der Waals surface area contributed by atoms with Crippen molar-refractivity contribution in [2.75, 3.05) is 19.7 Å². The van der Waals surface area contributed by atoms with Gasteiger partial charge in [-0.2, -0.15) is 0 Å². The molecule has 0 bridgehead atoms. The minimum Gasteiger partial charge on any atom is -0.480 e. The molecule has 1 heterocycles. The zero-order valence-electron chi connectivity index (χ0n) is 8.23. The summed E-state index contributed by atoms with van der Waals surface area (Å²) in [5.74, 6) is -0.946. The highest BCUT2D eigenvalue weighted by Gasteiger charge is 2.22. The van der Waals surface area contributed by atoms with Crippen LogP contribution in [0.4, 0.5) is 0 Å². The molecule has 1 atom stereocenters. The van der Waals surface area contributed by atoms with E-state index >= 15 is 0 Å². The number of aliphatic carboxylic acids is 1. The Labute approximate surface area is 82.6 Å². The van der Waals surface area contributed by atoms with E-state index in [0.29, 0.717) is 6.54 Å². The first-order valence-corrected chi connectivity index (χ1v) is 4.68. The molecule has 5 nitrogen and oxygen atoms in total. The van der Waals surface area contributed by atoms with Gasteiger partial charge in [0.1, 0.15) is 6.61 Å². The molecule has 0 aromatic carbocycles. The average Bonchev–Trinajstić information content (AvgIpc) is 2.15. The standard InChI is InChI=1S/C9H15NO4/c1-7(11)10-4-2-3-8(5-10)14-6-9(12)13/h8H,2-6H2,1H3,(H,12,13)/t8-/m1/s1. The van der Waals surface area contributed by atoms with Crippen molar-refractivity contribution in [3.05, 3.63) is 0 Å². The fourth-order valence-electron chi connectivity index (χ4n) is 1.55. The molecule has 1 rings (SSSR count). The lowest BCUT2D eigenvalue weighted by Gasteiger charge is -2.31. The van der Waals surface area contributed by atoms with E-state index < -0.39 is 5.97 Å². The van der Waals surface area contributed by atoms with Crippen LogP contribution >= 0.6 is 0 Å². The third-order valence-corrected chi connectivity index (χ3v) is 2.27. The van der Waals surface area contributed by atoms with Crippen LogP contribution in [-0.2, 0) is 14.3 Å². The number of likely N-dealkylation sites (tertiary alicyclic amines) is 1. The first-order valence-electron chi connectivity index (χ1n) is 4.68. The number of carbonyl (C=O) groups excluding carboxylic acids is 1. The lowest BCUT2D eigenvalue weighted by molar-refractivity contribution is -0.146. The molecule has 0 saturated carbocycles. The van der Waals surface area contributed by atoms with E-state index in [4.69, 9.17) is 9.84 Å². The monoisotopic (exact) mass is 201 g/mol. The molecule has 1 saturated heterocycles. The minimum atomic E-state index is -0.968. The fourth-order valence-corrected chi connectivity index (χ4v) is 1.55. The molecule has 1 fully saturated rings. The largest absolute Gasteiger partial charge is 0.480 e. The molecule has 80 valence electrons. The van der Waals surface area contributed by atoms with Gasteiger partial charge in [0.2, 0.25) is 5.91 Å². The molecule has 1 aliphatic heterocycles. The number of carboxylic acid groups (broad SMARTS) is 1. The molecule has 1 amide bonds. The van der Waals surface area contributed by atoms with Crippen molar-refractivity contribution in [1.29, 1.82) is 0 Å². The van der Waals surface area contributed by atoms with Crippen LogP contribution in [0.25, 0.3) is 0 Å². The number of piperidine rings is 1. The molecule has 5 heteroatoms. The maximum Gasteiger partial charge on any atom is 0.329 e. The van der Waals surface area contributed by atoms with E-state index in [1.807, 2.05) is 0 Å². The number of nitrogens with zero attached hydrogens (tertiary/aromatic N) is 1. The van der Waals surface area contributed by atoms with Crippen molar-refractivity contribution >= 4 is 11.9 Å². The topological polar surface area (TPSA) is 66.8 Å². The molecule has 1 N–H and O–H groups in total. The highest BCUT2D eigenvalue weighted by atomic mass is 16.5. The van der Waals surface area contributed by atoms with Gasteiger partial charge in [-0.05, 0) is 12.8 Å². The summed E-state index contributed by atoms with van der Waals surface area (Å²) in [4.78, 5) is 23.0. The number of hydrogen-bond acceptors (Lipinski definition) is 3. The Morgan fingerprint density at radius 1 is 1.57 bits per heavy atom. The lowest BCUT2D eigenvalue weighted by atomic mass is 10.1. The molecular weight excluding hydrogens is 186 g/mol. The predicted octanol–water partition coefficient (Wildman–Crippen LogP) is 0.0985. The maximum absolute atomic E-state index is 11.0. The van der Waals surface area contributed by atoms with E-state index in [1.54, 1.807) is 4.90 Å². The number of ether oxygens (including phenoxy) is 1. The Morgan fingerprint density at radius 3 is 2.86 bits per heavy atom. The van der Waals surface area contributed by atoms with Gasteiger partial charge in [0, 0.05) is 20.0 Å². The van der Waals surface area contributed by atoms with Gasteiger partial charge in [-0.3, -0.25) is 4.79 Å². The van der Waals surface area contributed by atoms with E-state index in [2.05, 4.69) is 0 Å². The summed E-state index contributed by atoms with van der Waals surface area (Å²) in [5.41, 5.74) is 0. The Morgan fingerprint density at radius 2 is 2.29 bits per heavy atom. The second-order valence-electron chi connectivity index (χ2n) is 3.43. The molecule has 0 aromatic heterocycles. The van der Waals surface area contributed by atoms with Gasteiger partial charge in [0.25, 0.3) is 0 Å². The van der Waals surface area contributed by atoms with Gasteiger partial charge in [-0.25, -0.2) is 4.79 Å². The van der Waals surface area contributed by atoms with Crippen molar-refractivity contribution in [3.8, 4) is 0 Å². The van der Waals surface area contributed by atoms with Crippen LogP contribution in [-0.4, -0.2) is 47.7 Å². The summed E-state index contributed by atoms with van der Waals surface area (Å²) in [6.45, 7) is 2.50. The van der Waals surface area contributed by atoms with Crippen LogP contribution in [0.3, 0.4) is 0 Å². The van der Waals surface area contributed by atoms with Gasteiger partial charge in [-0.15, -0.1) is 0 Å².